The fraction of sp³-hybridized carbons (Fsp3) is 0.917. The first-order chi connectivity index (χ1) is 7.41. The van der Waals surface area contributed by atoms with Crippen molar-refractivity contribution in [2.45, 2.75) is 32.7 Å². The van der Waals surface area contributed by atoms with Gasteiger partial charge in [-0.3, -0.25) is 4.79 Å². The maximum Gasteiger partial charge on any atom is 0.237 e. The third-order valence-corrected chi connectivity index (χ3v) is 2.86. The minimum atomic E-state index is 0. The number of carbonyl (C=O) groups excluding carboxylic acids is 1. The van der Waals surface area contributed by atoms with Crippen molar-refractivity contribution in [3.05, 3.63) is 0 Å². The molecule has 0 aromatic heterocycles. The Bertz CT molecular complexity index is 238. The van der Waals surface area contributed by atoms with Crippen LogP contribution in [0.5, 0.6) is 0 Å². The highest BCUT2D eigenvalue weighted by atomic mass is 35.5. The minimum absolute atomic E-state index is 0. The molecule has 1 rings (SSSR count). The lowest BCUT2D eigenvalue weighted by Crippen LogP contribution is -2.46. The fourth-order valence-electron chi connectivity index (χ4n) is 2.27. The molecule has 1 amide bonds. The summed E-state index contributed by atoms with van der Waals surface area (Å²) in [5, 5.41) is 6.25. The molecule has 2 N–H and O–H groups in total. The van der Waals surface area contributed by atoms with Crippen LogP contribution in [0.2, 0.25) is 0 Å². The first-order valence-corrected chi connectivity index (χ1v) is 6.06. The van der Waals surface area contributed by atoms with Crippen LogP contribution in [0.3, 0.4) is 0 Å². The zero-order valence-electron chi connectivity index (χ0n) is 11.4. The normalized spacial score (nSPS) is 20.2. The van der Waals surface area contributed by atoms with Crippen molar-refractivity contribution in [2.75, 3.05) is 33.7 Å². The monoisotopic (exact) mass is 263 g/mol. The molecule has 17 heavy (non-hydrogen) atoms. The molecule has 4 nitrogen and oxygen atoms in total. The van der Waals surface area contributed by atoms with Crippen LogP contribution in [0.1, 0.15) is 26.7 Å². The number of halogens is 1. The van der Waals surface area contributed by atoms with E-state index in [4.69, 9.17) is 0 Å². The second-order valence-corrected chi connectivity index (χ2v) is 5.77. The number of amides is 1. The van der Waals surface area contributed by atoms with E-state index < -0.39 is 0 Å². The van der Waals surface area contributed by atoms with Crippen molar-refractivity contribution in [2.24, 2.45) is 5.41 Å². The highest BCUT2D eigenvalue weighted by Crippen LogP contribution is 2.14. The average Bonchev–Trinajstić information content (AvgIpc) is 2.64. The predicted molar refractivity (Wildman–Crippen MR) is 73.6 cm³/mol. The quantitative estimate of drug-likeness (QED) is 0.774. The Morgan fingerprint density at radius 2 is 2.12 bits per heavy atom. The Balaban J connectivity index is 0.00000256. The summed E-state index contributed by atoms with van der Waals surface area (Å²) in [5.41, 5.74) is 0.123. The van der Waals surface area contributed by atoms with Gasteiger partial charge >= 0.3 is 0 Å². The van der Waals surface area contributed by atoms with Crippen molar-refractivity contribution in [3.63, 3.8) is 0 Å². The maximum atomic E-state index is 11.8. The van der Waals surface area contributed by atoms with Crippen LogP contribution in [-0.2, 0) is 4.79 Å². The van der Waals surface area contributed by atoms with E-state index in [9.17, 15) is 4.79 Å². The van der Waals surface area contributed by atoms with Gasteiger partial charge in [0.15, 0.2) is 0 Å². The summed E-state index contributed by atoms with van der Waals surface area (Å²) in [6.07, 6.45) is 2.08. The summed E-state index contributed by atoms with van der Waals surface area (Å²) in [7, 11) is 4.12. The van der Waals surface area contributed by atoms with Gasteiger partial charge in [-0.05, 0) is 38.9 Å². The summed E-state index contributed by atoms with van der Waals surface area (Å²) >= 11 is 0. The van der Waals surface area contributed by atoms with Gasteiger partial charge in [-0.2, -0.15) is 0 Å². The largest absolute Gasteiger partial charge is 0.354 e. The van der Waals surface area contributed by atoms with Crippen LogP contribution in [0.15, 0.2) is 0 Å². The highest BCUT2D eigenvalue weighted by Gasteiger charge is 2.25. The molecule has 1 heterocycles. The van der Waals surface area contributed by atoms with E-state index in [2.05, 4.69) is 43.5 Å². The average molecular weight is 264 g/mol. The molecule has 0 saturated carbocycles. The molecule has 1 atom stereocenters. The minimum Gasteiger partial charge on any atom is -0.354 e. The summed E-state index contributed by atoms with van der Waals surface area (Å²) in [5.74, 6) is 0.157. The second kappa shape index (κ2) is 7.19. The molecule has 1 saturated heterocycles. The van der Waals surface area contributed by atoms with Gasteiger partial charge in [0.25, 0.3) is 0 Å². The molecule has 0 aliphatic carbocycles. The van der Waals surface area contributed by atoms with Gasteiger partial charge in [0.05, 0.1) is 6.04 Å². The van der Waals surface area contributed by atoms with Crippen LogP contribution in [0, 0.1) is 5.41 Å². The molecule has 0 aromatic rings. The fourth-order valence-corrected chi connectivity index (χ4v) is 2.27. The molecule has 1 aliphatic rings. The number of hydrogen-bond acceptors (Lipinski definition) is 3. The summed E-state index contributed by atoms with van der Waals surface area (Å²) < 4.78 is 0. The molecule has 0 aromatic carbocycles. The second-order valence-electron chi connectivity index (χ2n) is 5.77. The number of rotatable bonds is 5. The van der Waals surface area contributed by atoms with Gasteiger partial charge in [0, 0.05) is 13.1 Å². The van der Waals surface area contributed by atoms with Crippen molar-refractivity contribution < 1.29 is 4.79 Å². The SMILES string of the molecule is CN(C)CC(C)(C)CNC(=O)C1CCCN1.Cl. The van der Waals surface area contributed by atoms with Crippen molar-refractivity contribution in [1.82, 2.24) is 15.5 Å². The van der Waals surface area contributed by atoms with Crippen LogP contribution >= 0.6 is 12.4 Å². The van der Waals surface area contributed by atoms with Crippen molar-refractivity contribution in [1.29, 1.82) is 0 Å². The molecular weight excluding hydrogens is 238 g/mol. The van der Waals surface area contributed by atoms with Gasteiger partial charge in [-0.1, -0.05) is 13.8 Å². The van der Waals surface area contributed by atoms with Crippen LogP contribution in [0.25, 0.3) is 0 Å². The van der Waals surface area contributed by atoms with Gasteiger partial charge in [-0.15, -0.1) is 12.4 Å². The van der Waals surface area contributed by atoms with E-state index in [1.165, 1.54) is 0 Å². The standard InChI is InChI=1S/C12H25N3O.ClH/c1-12(2,9-15(3)4)8-14-11(16)10-6-5-7-13-10;/h10,13H,5-9H2,1-4H3,(H,14,16);1H. The third kappa shape index (κ3) is 6.24. The zero-order chi connectivity index (χ0) is 12.2. The van der Waals surface area contributed by atoms with Gasteiger partial charge < -0.3 is 15.5 Å². The van der Waals surface area contributed by atoms with E-state index in [0.717, 1.165) is 32.5 Å². The molecular formula is C12H26ClN3O. The van der Waals surface area contributed by atoms with E-state index in [0.29, 0.717) is 0 Å². The first kappa shape index (κ1) is 16.7. The molecule has 1 aliphatic heterocycles. The molecule has 0 radical (unpaired) electrons. The van der Waals surface area contributed by atoms with E-state index >= 15 is 0 Å². The highest BCUT2D eigenvalue weighted by molar-refractivity contribution is 5.85. The van der Waals surface area contributed by atoms with Gasteiger partial charge in [-0.25, -0.2) is 0 Å². The first-order valence-electron chi connectivity index (χ1n) is 6.06. The Morgan fingerprint density at radius 1 is 1.47 bits per heavy atom. The van der Waals surface area contributed by atoms with Gasteiger partial charge in [0.2, 0.25) is 5.91 Å². The van der Waals surface area contributed by atoms with Crippen LogP contribution in [-0.4, -0.2) is 50.6 Å². The lowest BCUT2D eigenvalue weighted by molar-refractivity contribution is -0.123. The molecule has 0 bridgehead atoms. The Kier molecular flexibility index (Phi) is 7.05. The number of nitrogens with zero attached hydrogens (tertiary/aromatic N) is 1. The smallest absolute Gasteiger partial charge is 0.237 e. The number of carbonyl (C=O) groups is 1. The Hall–Kier alpha value is -0.320. The van der Waals surface area contributed by atoms with E-state index in [-0.39, 0.29) is 29.8 Å². The number of nitrogens with one attached hydrogen (secondary N) is 2. The van der Waals surface area contributed by atoms with Crippen LogP contribution < -0.4 is 10.6 Å². The van der Waals surface area contributed by atoms with Crippen molar-refractivity contribution in [3.8, 4) is 0 Å². The maximum absolute atomic E-state index is 11.8. The molecule has 102 valence electrons. The summed E-state index contributed by atoms with van der Waals surface area (Å²) in [4.78, 5) is 13.9. The number of hydrogen-bond donors (Lipinski definition) is 2. The summed E-state index contributed by atoms with van der Waals surface area (Å²) in [6.45, 7) is 7.04. The predicted octanol–water partition coefficient (Wildman–Crippen LogP) is 0.864. The zero-order valence-corrected chi connectivity index (χ0v) is 12.2. The Morgan fingerprint density at radius 3 is 2.59 bits per heavy atom. The third-order valence-electron chi connectivity index (χ3n) is 2.86. The van der Waals surface area contributed by atoms with Crippen LogP contribution in [0.4, 0.5) is 0 Å². The Labute approximate surface area is 111 Å². The lowest BCUT2D eigenvalue weighted by atomic mass is 9.93. The van der Waals surface area contributed by atoms with E-state index in [1.54, 1.807) is 0 Å². The summed E-state index contributed by atoms with van der Waals surface area (Å²) in [6, 6.07) is 0.0372. The van der Waals surface area contributed by atoms with Crippen molar-refractivity contribution >= 4 is 18.3 Å². The molecule has 1 unspecified atom stereocenters. The lowest BCUT2D eigenvalue weighted by Gasteiger charge is -2.29. The molecule has 1 fully saturated rings. The van der Waals surface area contributed by atoms with Gasteiger partial charge in [0.1, 0.15) is 0 Å². The molecule has 0 spiro atoms. The van der Waals surface area contributed by atoms with E-state index in [1.807, 2.05) is 0 Å². The molecule has 5 heteroatoms. The topological polar surface area (TPSA) is 44.4 Å².